The molecule has 20 heavy (non-hydrogen) atoms. The molecule has 0 radical (unpaired) electrons. The van der Waals surface area contributed by atoms with Crippen molar-refractivity contribution in [1.29, 1.82) is 0 Å². The van der Waals surface area contributed by atoms with Crippen molar-refractivity contribution in [3.8, 4) is 0 Å². The van der Waals surface area contributed by atoms with Crippen molar-refractivity contribution >= 4 is 11.8 Å². The average molecular weight is 283 g/mol. The van der Waals surface area contributed by atoms with Gasteiger partial charge in [0.2, 0.25) is 11.8 Å². The van der Waals surface area contributed by atoms with E-state index in [2.05, 4.69) is 5.32 Å². The van der Waals surface area contributed by atoms with Gasteiger partial charge in [-0.1, -0.05) is 6.92 Å². The summed E-state index contributed by atoms with van der Waals surface area (Å²) in [4.78, 5) is 25.5. The highest BCUT2D eigenvalue weighted by molar-refractivity contribution is 5.76. The molecule has 1 aliphatic rings. The quantitative estimate of drug-likeness (QED) is 0.739. The lowest BCUT2D eigenvalue weighted by Crippen LogP contribution is -2.43. The molecule has 2 amide bonds. The third-order valence-corrected chi connectivity index (χ3v) is 3.75. The summed E-state index contributed by atoms with van der Waals surface area (Å²) in [7, 11) is 0. The molecule has 0 spiro atoms. The molecule has 0 bridgehead atoms. The smallest absolute Gasteiger partial charge is 0.222 e. The minimum Gasteiger partial charge on any atom is -0.356 e. The van der Waals surface area contributed by atoms with Crippen LogP contribution in [0.3, 0.4) is 0 Å². The summed E-state index contributed by atoms with van der Waals surface area (Å²) in [5.41, 5.74) is 5.69. The number of amides is 2. The van der Waals surface area contributed by atoms with Gasteiger partial charge in [0.05, 0.1) is 0 Å². The van der Waals surface area contributed by atoms with Crippen LogP contribution in [0.25, 0.3) is 0 Å². The number of nitrogens with zero attached hydrogens (tertiary/aromatic N) is 1. The minimum atomic E-state index is 0.0767. The van der Waals surface area contributed by atoms with E-state index < -0.39 is 0 Å². The summed E-state index contributed by atoms with van der Waals surface area (Å²) >= 11 is 0. The van der Waals surface area contributed by atoms with Gasteiger partial charge in [-0.2, -0.15) is 0 Å². The largest absolute Gasteiger partial charge is 0.356 e. The van der Waals surface area contributed by atoms with Crippen molar-refractivity contribution in [3.05, 3.63) is 0 Å². The standard InChI is InChI=1S/C15H29N3O2/c1-3-5-14(19)17-10-13-6-4-9-18(11-13)15(20)8-7-12(2)16/h12-13H,3-11,16H2,1-2H3,(H,17,19). The van der Waals surface area contributed by atoms with E-state index in [9.17, 15) is 9.59 Å². The molecular formula is C15H29N3O2. The van der Waals surface area contributed by atoms with E-state index >= 15 is 0 Å². The SMILES string of the molecule is CCCC(=O)NCC1CCCN(C(=O)CCC(C)N)C1. The molecule has 5 nitrogen and oxygen atoms in total. The van der Waals surface area contributed by atoms with Crippen LogP contribution in [0.1, 0.15) is 52.4 Å². The van der Waals surface area contributed by atoms with Gasteiger partial charge in [0.25, 0.3) is 0 Å². The van der Waals surface area contributed by atoms with E-state index in [1.54, 1.807) is 0 Å². The van der Waals surface area contributed by atoms with E-state index in [0.29, 0.717) is 25.3 Å². The van der Waals surface area contributed by atoms with E-state index in [-0.39, 0.29) is 17.9 Å². The van der Waals surface area contributed by atoms with Crippen LogP contribution in [0, 0.1) is 5.92 Å². The van der Waals surface area contributed by atoms with E-state index in [0.717, 1.165) is 38.8 Å². The molecule has 1 fully saturated rings. The molecule has 1 aliphatic heterocycles. The first-order valence-corrected chi connectivity index (χ1v) is 7.83. The molecule has 0 saturated carbocycles. The Kier molecular flexibility index (Phi) is 7.59. The summed E-state index contributed by atoms with van der Waals surface area (Å²) in [5, 5.41) is 2.97. The predicted molar refractivity (Wildman–Crippen MR) is 80.1 cm³/mol. The van der Waals surface area contributed by atoms with Crippen LogP contribution in [-0.4, -0.2) is 42.4 Å². The van der Waals surface area contributed by atoms with Gasteiger partial charge in [-0.3, -0.25) is 9.59 Å². The van der Waals surface area contributed by atoms with Crippen LogP contribution >= 0.6 is 0 Å². The molecular weight excluding hydrogens is 254 g/mol. The molecule has 116 valence electrons. The Balaban J connectivity index is 2.30. The van der Waals surface area contributed by atoms with Crippen molar-refractivity contribution in [2.24, 2.45) is 11.7 Å². The normalized spacial score (nSPS) is 20.6. The van der Waals surface area contributed by atoms with Crippen molar-refractivity contribution < 1.29 is 9.59 Å². The number of hydrogen-bond donors (Lipinski definition) is 2. The van der Waals surface area contributed by atoms with E-state index in [1.165, 1.54) is 0 Å². The molecule has 3 N–H and O–H groups in total. The number of carbonyl (C=O) groups excluding carboxylic acids is 2. The first-order valence-electron chi connectivity index (χ1n) is 7.83. The molecule has 0 aromatic carbocycles. The lowest BCUT2D eigenvalue weighted by atomic mass is 9.97. The summed E-state index contributed by atoms with van der Waals surface area (Å²) in [6.07, 6.45) is 4.85. The second-order valence-corrected chi connectivity index (χ2v) is 5.92. The monoisotopic (exact) mass is 283 g/mol. The van der Waals surface area contributed by atoms with E-state index in [4.69, 9.17) is 5.73 Å². The predicted octanol–water partition coefficient (Wildman–Crippen LogP) is 1.27. The number of rotatable bonds is 7. The first kappa shape index (κ1) is 17.0. The van der Waals surface area contributed by atoms with Crippen LogP contribution in [-0.2, 0) is 9.59 Å². The van der Waals surface area contributed by atoms with Crippen LogP contribution in [0.4, 0.5) is 0 Å². The maximum absolute atomic E-state index is 12.1. The molecule has 5 heteroatoms. The number of nitrogens with two attached hydrogens (primary N) is 1. The van der Waals surface area contributed by atoms with Gasteiger partial charge < -0.3 is 16.0 Å². The van der Waals surface area contributed by atoms with Crippen LogP contribution < -0.4 is 11.1 Å². The van der Waals surface area contributed by atoms with Gasteiger partial charge in [-0.25, -0.2) is 0 Å². The Bertz CT molecular complexity index is 318. The highest BCUT2D eigenvalue weighted by atomic mass is 16.2. The van der Waals surface area contributed by atoms with Crippen LogP contribution in [0.5, 0.6) is 0 Å². The lowest BCUT2D eigenvalue weighted by molar-refractivity contribution is -0.133. The molecule has 0 aliphatic carbocycles. The molecule has 2 unspecified atom stereocenters. The Hall–Kier alpha value is -1.10. The Morgan fingerprint density at radius 3 is 2.80 bits per heavy atom. The first-order chi connectivity index (χ1) is 9.52. The van der Waals surface area contributed by atoms with Crippen molar-refractivity contribution in [1.82, 2.24) is 10.2 Å². The van der Waals surface area contributed by atoms with E-state index in [1.807, 2.05) is 18.7 Å². The Morgan fingerprint density at radius 1 is 1.40 bits per heavy atom. The Labute approximate surface area is 122 Å². The number of piperidine rings is 1. The van der Waals surface area contributed by atoms with Crippen LogP contribution in [0.2, 0.25) is 0 Å². The average Bonchev–Trinajstić information content (AvgIpc) is 2.43. The van der Waals surface area contributed by atoms with Gasteiger partial charge in [-0.05, 0) is 38.5 Å². The fourth-order valence-corrected chi connectivity index (χ4v) is 2.54. The third-order valence-electron chi connectivity index (χ3n) is 3.75. The van der Waals surface area contributed by atoms with Crippen LogP contribution in [0.15, 0.2) is 0 Å². The molecule has 1 heterocycles. The summed E-state index contributed by atoms with van der Waals surface area (Å²) < 4.78 is 0. The zero-order valence-electron chi connectivity index (χ0n) is 12.9. The second-order valence-electron chi connectivity index (χ2n) is 5.92. The number of hydrogen-bond acceptors (Lipinski definition) is 3. The van der Waals surface area contributed by atoms with Crippen molar-refractivity contribution in [3.63, 3.8) is 0 Å². The summed E-state index contributed by atoms with van der Waals surface area (Å²) in [5.74, 6) is 0.712. The maximum Gasteiger partial charge on any atom is 0.222 e. The molecule has 1 rings (SSSR count). The molecule has 1 saturated heterocycles. The number of likely N-dealkylation sites (tertiary alicyclic amines) is 1. The minimum absolute atomic E-state index is 0.0767. The van der Waals surface area contributed by atoms with Crippen molar-refractivity contribution in [2.45, 2.75) is 58.4 Å². The van der Waals surface area contributed by atoms with Gasteiger partial charge in [0.1, 0.15) is 0 Å². The third kappa shape index (κ3) is 6.37. The van der Waals surface area contributed by atoms with Gasteiger partial charge in [-0.15, -0.1) is 0 Å². The lowest BCUT2D eigenvalue weighted by Gasteiger charge is -2.33. The van der Waals surface area contributed by atoms with Crippen molar-refractivity contribution in [2.75, 3.05) is 19.6 Å². The zero-order chi connectivity index (χ0) is 15.0. The highest BCUT2D eigenvalue weighted by Gasteiger charge is 2.23. The topological polar surface area (TPSA) is 75.4 Å². The van der Waals surface area contributed by atoms with Gasteiger partial charge in [0.15, 0.2) is 0 Å². The highest BCUT2D eigenvalue weighted by Crippen LogP contribution is 2.17. The number of nitrogens with one attached hydrogen (secondary N) is 1. The second kappa shape index (κ2) is 8.95. The fraction of sp³-hybridized carbons (Fsp3) is 0.867. The molecule has 0 aromatic heterocycles. The maximum atomic E-state index is 12.1. The van der Waals surface area contributed by atoms with Gasteiger partial charge >= 0.3 is 0 Å². The van der Waals surface area contributed by atoms with Gasteiger partial charge in [0, 0.05) is 38.5 Å². The summed E-state index contributed by atoms with van der Waals surface area (Å²) in [6, 6.07) is 0.0767. The Morgan fingerprint density at radius 2 is 2.15 bits per heavy atom. The zero-order valence-corrected chi connectivity index (χ0v) is 12.9. The molecule has 2 atom stereocenters. The number of carbonyl (C=O) groups is 2. The summed E-state index contributed by atoms with van der Waals surface area (Å²) in [6.45, 7) is 6.23. The fourth-order valence-electron chi connectivity index (χ4n) is 2.54. The molecule has 0 aromatic rings.